The monoisotopic (exact) mass is 432 g/mol. The van der Waals surface area contributed by atoms with Crippen LogP contribution in [0, 0.1) is 0 Å². The third-order valence-corrected chi connectivity index (χ3v) is 5.48. The lowest BCUT2D eigenvalue weighted by atomic mass is 10.0. The summed E-state index contributed by atoms with van der Waals surface area (Å²) in [5, 5.41) is 17.9. The van der Waals surface area contributed by atoms with E-state index in [0.29, 0.717) is 12.4 Å². The number of anilines is 2. The molecule has 8 nitrogen and oxygen atoms in total. The van der Waals surface area contributed by atoms with Crippen molar-refractivity contribution in [2.45, 2.75) is 12.6 Å². The van der Waals surface area contributed by atoms with Gasteiger partial charge in [0.2, 0.25) is 0 Å². The van der Waals surface area contributed by atoms with E-state index in [1.54, 1.807) is 48.9 Å². The molecule has 1 unspecified atom stereocenters. The molecule has 0 saturated heterocycles. The predicted molar refractivity (Wildman–Crippen MR) is 120 cm³/mol. The van der Waals surface area contributed by atoms with Crippen LogP contribution in [0.2, 0.25) is 0 Å². The number of amides is 1. The lowest BCUT2D eigenvalue weighted by Gasteiger charge is -2.19. The molecule has 0 bridgehead atoms. The minimum atomic E-state index is -0.423. The lowest BCUT2D eigenvalue weighted by Crippen LogP contribution is -2.29. The summed E-state index contributed by atoms with van der Waals surface area (Å²) in [5.74, 6) is 0.421. The van der Waals surface area contributed by atoms with Crippen LogP contribution in [0.1, 0.15) is 32.5 Å². The van der Waals surface area contributed by atoms with Crippen LogP contribution in [0.5, 0.6) is 5.75 Å². The first-order valence-corrected chi connectivity index (χ1v) is 10.4. The highest BCUT2D eigenvalue weighted by molar-refractivity contribution is 7.10. The van der Waals surface area contributed by atoms with E-state index in [0.717, 1.165) is 16.1 Å². The SMILES string of the molecule is Nc1nc(NCc2cnccn2)ccc1C(=O)NC(c1cccc(O)c1)c1cccs1. The molecule has 1 aromatic carbocycles. The molecule has 4 rings (SSSR count). The number of hydrogen-bond acceptors (Lipinski definition) is 8. The molecule has 1 amide bonds. The second-order valence-corrected chi connectivity index (χ2v) is 7.68. The quantitative estimate of drug-likeness (QED) is 0.353. The van der Waals surface area contributed by atoms with Gasteiger partial charge in [-0.05, 0) is 41.3 Å². The third-order valence-electron chi connectivity index (χ3n) is 4.54. The van der Waals surface area contributed by atoms with E-state index in [1.165, 1.54) is 11.3 Å². The van der Waals surface area contributed by atoms with E-state index in [-0.39, 0.29) is 23.0 Å². The number of nitrogen functional groups attached to an aromatic ring is 1. The minimum absolute atomic E-state index is 0.113. The molecule has 0 spiro atoms. The predicted octanol–water partition coefficient (Wildman–Crippen LogP) is 3.35. The van der Waals surface area contributed by atoms with E-state index in [4.69, 9.17) is 5.73 Å². The van der Waals surface area contributed by atoms with Gasteiger partial charge in [-0.25, -0.2) is 4.98 Å². The molecule has 0 saturated carbocycles. The molecule has 9 heteroatoms. The van der Waals surface area contributed by atoms with Crippen molar-refractivity contribution in [2.75, 3.05) is 11.1 Å². The maximum Gasteiger partial charge on any atom is 0.255 e. The molecule has 1 atom stereocenters. The Kier molecular flexibility index (Phi) is 6.04. The lowest BCUT2D eigenvalue weighted by molar-refractivity contribution is 0.0944. The van der Waals surface area contributed by atoms with Gasteiger partial charge in [-0.15, -0.1) is 11.3 Å². The summed E-state index contributed by atoms with van der Waals surface area (Å²) in [6, 6.07) is 13.6. The van der Waals surface area contributed by atoms with Crippen LogP contribution in [0.15, 0.2) is 72.5 Å². The second kappa shape index (κ2) is 9.23. The van der Waals surface area contributed by atoms with Crippen LogP contribution >= 0.6 is 11.3 Å². The molecule has 156 valence electrons. The Balaban J connectivity index is 1.51. The molecule has 31 heavy (non-hydrogen) atoms. The number of aromatic nitrogens is 3. The van der Waals surface area contributed by atoms with Gasteiger partial charge in [0.15, 0.2) is 0 Å². The maximum absolute atomic E-state index is 13.0. The first-order chi connectivity index (χ1) is 15.1. The molecule has 0 aliphatic heterocycles. The molecule has 0 aliphatic rings. The third kappa shape index (κ3) is 4.96. The Morgan fingerprint density at radius 1 is 1.16 bits per heavy atom. The fourth-order valence-corrected chi connectivity index (χ4v) is 3.86. The minimum Gasteiger partial charge on any atom is -0.508 e. The van der Waals surface area contributed by atoms with Crippen molar-refractivity contribution in [3.05, 3.63) is 94.2 Å². The molecular weight excluding hydrogens is 412 g/mol. The van der Waals surface area contributed by atoms with E-state index >= 15 is 0 Å². The summed E-state index contributed by atoms with van der Waals surface area (Å²) in [6.45, 7) is 0.434. The number of rotatable bonds is 7. The van der Waals surface area contributed by atoms with Crippen molar-refractivity contribution in [1.29, 1.82) is 0 Å². The fraction of sp³-hybridized carbons (Fsp3) is 0.0909. The van der Waals surface area contributed by atoms with E-state index in [1.807, 2.05) is 23.6 Å². The zero-order valence-electron chi connectivity index (χ0n) is 16.4. The topological polar surface area (TPSA) is 126 Å². The Morgan fingerprint density at radius 2 is 2.06 bits per heavy atom. The van der Waals surface area contributed by atoms with Crippen LogP contribution in [0.3, 0.4) is 0 Å². The number of benzene rings is 1. The van der Waals surface area contributed by atoms with Crippen molar-refractivity contribution < 1.29 is 9.90 Å². The number of nitrogens with zero attached hydrogens (tertiary/aromatic N) is 3. The summed E-state index contributed by atoms with van der Waals surface area (Å²) in [7, 11) is 0. The molecule has 5 N–H and O–H groups in total. The van der Waals surface area contributed by atoms with Gasteiger partial charge in [-0.2, -0.15) is 0 Å². The summed E-state index contributed by atoms with van der Waals surface area (Å²) in [4.78, 5) is 26.4. The van der Waals surface area contributed by atoms with Gasteiger partial charge < -0.3 is 21.5 Å². The molecule has 0 aliphatic carbocycles. The number of aromatic hydroxyl groups is 1. The highest BCUT2D eigenvalue weighted by Gasteiger charge is 2.21. The first kappa shape index (κ1) is 20.3. The van der Waals surface area contributed by atoms with Crippen molar-refractivity contribution >= 4 is 28.9 Å². The van der Waals surface area contributed by atoms with Crippen molar-refractivity contribution in [3.8, 4) is 5.75 Å². The van der Waals surface area contributed by atoms with E-state index < -0.39 is 6.04 Å². The molecular formula is C22H20N6O2S. The summed E-state index contributed by atoms with van der Waals surface area (Å²) in [6.07, 6.45) is 4.88. The van der Waals surface area contributed by atoms with Gasteiger partial charge in [0, 0.05) is 17.3 Å². The van der Waals surface area contributed by atoms with Gasteiger partial charge in [0.05, 0.1) is 30.0 Å². The van der Waals surface area contributed by atoms with Crippen LogP contribution in [-0.2, 0) is 6.54 Å². The number of carbonyl (C=O) groups is 1. The number of nitrogens with two attached hydrogens (primary N) is 1. The van der Waals surface area contributed by atoms with Gasteiger partial charge in [0.25, 0.3) is 5.91 Å². The van der Waals surface area contributed by atoms with Gasteiger partial charge in [-0.3, -0.25) is 14.8 Å². The van der Waals surface area contributed by atoms with Crippen LogP contribution in [0.25, 0.3) is 0 Å². The Morgan fingerprint density at radius 3 is 2.77 bits per heavy atom. The fourth-order valence-electron chi connectivity index (χ4n) is 3.06. The van der Waals surface area contributed by atoms with Crippen molar-refractivity contribution in [2.24, 2.45) is 0 Å². The van der Waals surface area contributed by atoms with E-state index in [9.17, 15) is 9.90 Å². The van der Waals surface area contributed by atoms with Crippen LogP contribution in [0.4, 0.5) is 11.6 Å². The number of carbonyl (C=O) groups excluding carboxylic acids is 1. The summed E-state index contributed by atoms with van der Waals surface area (Å²) in [5.41, 5.74) is 7.87. The molecule has 0 radical (unpaired) electrons. The smallest absolute Gasteiger partial charge is 0.255 e. The summed E-state index contributed by atoms with van der Waals surface area (Å²) >= 11 is 1.52. The Hall–Kier alpha value is -3.98. The van der Waals surface area contributed by atoms with Crippen LogP contribution in [-0.4, -0.2) is 26.0 Å². The zero-order chi connectivity index (χ0) is 21.6. The first-order valence-electron chi connectivity index (χ1n) is 9.48. The highest BCUT2D eigenvalue weighted by Crippen LogP contribution is 2.28. The normalized spacial score (nSPS) is 11.6. The molecule has 3 heterocycles. The molecule has 3 aromatic heterocycles. The average Bonchev–Trinajstić information content (AvgIpc) is 3.31. The largest absolute Gasteiger partial charge is 0.508 e. The zero-order valence-corrected chi connectivity index (χ0v) is 17.2. The number of phenols is 1. The number of pyridine rings is 1. The number of hydrogen-bond donors (Lipinski definition) is 4. The number of phenolic OH excluding ortho intramolecular Hbond substituents is 1. The number of nitrogens with one attached hydrogen (secondary N) is 2. The van der Waals surface area contributed by atoms with Gasteiger partial charge >= 0.3 is 0 Å². The molecule has 0 fully saturated rings. The van der Waals surface area contributed by atoms with Crippen molar-refractivity contribution in [3.63, 3.8) is 0 Å². The maximum atomic E-state index is 13.0. The molecule has 4 aromatic rings. The Labute approximate surface area is 182 Å². The summed E-state index contributed by atoms with van der Waals surface area (Å²) < 4.78 is 0. The van der Waals surface area contributed by atoms with Crippen LogP contribution < -0.4 is 16.4 Å². The standard InChI is InChI=1S/C22H20N6O2S/c23-21-17(6-7-19(27-21)26-13-15-12-24-8-9-25-15)22(30)28-20(18-5-2-10-31-18)14-3-1-4-16(29)11-14/h1-12,20,29H,13H2,(H,28,30)(H3,23,26,27). The Bertz CT molecular complexity index is 1170. The van der Waals surface area contributed by atoms with Gasteiger partial charge in [-0.1, -0.05) is 18.2 Å². The highest BCUT2D eigenvalue weighted by atomic mass is 32.1. The van der Waals surface area contributed by atoms with Crippen molar-refractivity contribution in [1.82, 2.24) is 20.3 Å². The van der Waals surface area contributed by atoms with E-state index in [2.05, 4.69) is 25.6 Å². The average molecular weight is 433 g/mol. The number of thiophene rings is 1. The second-order valence-electron chi connectivity index (χ2n) is 6.70. The van der Waals surface area contributed by atoms with Gasteiger partial charge in [0.1, 0.15) is 17.4 Å².